The van der Waals surface area contributed by atoms with E-state index in [-0.39, 0.29) is 35.6 Å². The normalized spacial score (nSPS) is 17.5. The van der Waals surface area contributed by atoms with Crippen molar-refractivity contribution in [3.8, 4) is 22.3 Å². The summed E-state index contributed by atoms with van der Waals surface area (Å²) in [6.45, 7) is 15.0. The van der Waals surface area contributed by atoms with Crippen LogP contribution in [-0.4, -0.2) is 0 Å². The molecule has 1 fully saturated rings. The van der Waals surface area contributed by atoms with Gasteiger partial charge in [-0.3, -0.25) is 0 Å². The van der Waals surface area contributed by atoms with Gasteiger partial charge in [-0.15, -0.1) is 0 Å². The molecule has 11 rings (SSSR count). The molecule has 0 spiro atoms. The molecule has 1 saturated heterocycles. The number of fused-ring (bicyclic) bond motifs is 6. The van der Waals surface area contributed by atoms with Gasteiger partial charge in [0.2, 0.25) is 0 Å². The van der Waals surface area contributed by atoms with Crippen LogP contribution in [-0.2, 0) is 16.6 Å². The van der Waals surface area contributed by atoms with Crippen LogP contribution < -0.4 is 24.8 Å². The number of allylic oxidation sites excluding steroid dienone is 2. The molecule has 0 bridgehead atoms. The Kier molecular flexibility index (Phi) is 10.2. The zero-order valence-electron chi connectivity index (χ0n) is 35.5. The van der Waals surface area contributed by atoms with E-state index in [9.17, 15) is 0 Å². The fourth-order valence-electron chi connectivity index (χ4n) is 11.7. The molecule has 60 heavy (non-hydrogen) atoms. The van der Waals surface area contributed by atoms with Crippen LogP contribution in [0.2, 0.25) is 9.45 Å². The topological polar surface area (TPSA) is 0 Å². The van der Waals surface area contributed by atoms with Crippen molar-refractivity contribution in [3.63, 3.8) is 0 Å². The Labute approximate surface area is 372 Å². The molecule has 0 amide bonds. The maximum Gasteiger partial charge on any atom is -1.00 e. The molecular weight excluding hydrogens is 803 g/mol. The molecule has 2 aliphatic carbocycles. The molecule has 0 nitrogen and oxygen atoms in total. The largest absolute Gasteiger partial charge is 1.00 e. The summed E-state index contributed by atoms with van der Waals surface area (Å²) in [6, 6.07) is 55.7. The third-order valence-corrected chi connectivity index (χ3v) is 23.9. The second kappa shape index (κ2) is 14.9. The summed E-state index contributed by atoms with van der Waals surface area (Å²) in [4.78, 5) is 0. The van der Waals surface area contributed by atoms with Gasteiger partial charge in [0.15, 0.2) is 0 Å². The molecule has 2 unspecified atom stereocenters. The molecule has 0 saturated carbocycles. The number of benzene rings is 8. The van der Waals surface area contributed by atoms with E-state index < -0.39 is 16.6 Å². The first kappa shape index (κ1) is 41.0. The van der Waals surface area contributed by atoms with E-state index in [0.717, 1.165) is 0 Å². The zero-order valence-corrected chi connectivity index (χ0v) is 38.6. The first-order chi connectivity index (χ1) is 28.0. The second-order valence-electron chi connectivity index (χ2n) is 19.7. The standard InChI is InChI=1S/2C27H23.C3H6.2ClH.Ti/c2*1-27(2,3)21-16-20-11-8-14-24(25(20)17-21)26-22-12-6-4-9-18(22)15-19-10-5-7-13-23(19)26;1-3-2;;;/h2*4-17H,1-3H3;1-3H2;2*1H;/q;;;;;+2/p-2. The fraction of sp³-hybridized carbons (Fsp3) is 0.228. The molecule has 3 heteroatoms. The van der Waals surface area contributed by atoms with Crippen molar-refractivity contribution in [1.29, 1.82) is 0 Å². The maximum absolute atomic E-state index is 2.89. The summed E-state index contributed by atoms with van der Waals surface area (Å²) >= 11 is -2.89. The van der Waals surface area contributed by atoms with Gasteiger partial charge >= 0.3 is 350 Å². The van der Waals surface area contributed by atoms with Crippen LogP contribution in [0.25, 0.3) is 77.5 Å². The predicted molar refractivity (Wildman–Crippen MR) is 248 cm³/mol. The summed E-state index contributed by atoms with van der Waals surface area (Å²) in [7, 11) is 0. The Balaban J connectivity index is 0.00000231. The van der Waals surface area contributed by atoms with Crippen LogP contribution in [0, 0.1) is 10.8 Å². The van der Waals surface area contributed by atoms with Crippen molar-refractivity contribution in [2.45, 2.75) is 65.9 Å². The Hall–Kier alpha value is -4.43. The van der Waals surface area contributed by atoms with E-state index in [4.69, 9.17) is 0 Å². The third kappa shape index (κ3) is 6.12. The molecule has 0 radical (unpaired) electrons. The Morgan fingerprint density at radius 1 is 0.417 bits per heavy atom. The predicted octanol–water partition coefficient (Wildman–Crippen LogP) is 10.7. The zero-order chi connectivity index (χ0) is 39.6. The molecule has 8 aromatic carbocycles. The quantitative estimate of drug-likeness (QED) is 0.122. The number of rotatable bonds is 4. The molecule has 0 N–H and O–H groups in total. The first-order valence-electron chi connectivity index (χ1n) is 21.5. The van der Waals surface area contributed by atoms with Crippen molar-refractivity contribution in [1.82, 2.24) is 0 Å². The van der Waals surface area contributed by atoms with E-state index in [1.807, 2.05) is 0 Å². The minimum Gasteiger partial charge on any atom is -1.00 e. The minimum atomic E-state index is -2.89. The molecule has 1 aliphatic heterocycles. The van der Waals surface area contributed by atoms with Crippen LogP contribution >= 0.6 is 0 Å². The van der Waals surface area contributed by atoms with Crippen molar-refractivity contribution >= 4 is 55.2 Å². The summed E-state index contributed by atoms with van der Waals surface area (Å²) in [5.41, 5.74) is 15.2. The van der Waals surface area contributed by atoms with Crippen molar-refractivity contribution in [2.75, 3.05) is 0 Å². The number of halogens is 2. The molecular formula is C57H52Cl2Ti. The second-order valence-corrected chi connectivity index (χ2v) is 26.9. The van der Waals surface area contributed by atoms with Gasteiger partial charge in [-0.1, -0.05) is 0 Å². The summed E-state index contributed by atoms with van der Waals surface area (Å²) in [6.07, 6.45) is 6.76. The number of hydrogen-bond acceptors (Lipinski definition) is 0. The minimum absolute atomic E-state index is 0. The van der Waals surface area contributed by atoms with Crippen LogP contribution in [0.3, 0.4) is 0 Å². The molecule has 0 aromatic heterocycles. The van der Waals surface area contributed by atoms with Gasteiger partial charge in [0.05, 0.1) is 0 Å². The van der Waals surface area contributed by atoms with E-state index in [0.29, 0.717) is 8.45 Å². The van der Waals surface area contributed by atoms with Crippen LogP contribution in [0.15, 0.2) is 157 Å². The third-order valence-electron chi connectivity index (χ3n) is 14.4. The number of hydrogen-bond donors (Lipinski definition) is 0. The summed E-state index contributed by atoms with van der Waals surface area (Å²) < 4.78 is 3.85. The van der Waals surface area contributed by atoms with Gasteiger partial charge in [0.25, 0.3) is 0 Å². The Morgan fingerprint density at radius 3 is 1.05 bits per heavy atom. The first-order valence-corrected chi connectivity index (χ1v) is 25.6. The Bertz CT molecular complexity index is 2760. The van der Waals surface area contributed by atoms with E-state index in [1.165, 1.54) is 92.3 Å². The molecule has 1 heterocycles. The van der Waals surface area contributed by atoms with Gasteiger partial charge in [-0.2, -0.15) is 0 Å². The molecule has 3 aliphatic rings. The maximum atomic E-state index is 2.70. The summed E-state index contributed by atoms with van der Waals surface area (Å²) in [5, 5.41) is 10.6. The van der Waals surface area contributed by atoms with Crippen molar-refractivity contribution < 1.29 is 41.4 Å². The van der Waals surface area contributed by atoms with Gasteiger partial charge in [-0.25, -0.2) is 0 Å². The monoisotopic (exact) mass is 854 g/mol. The van der Waals surface area contributed by atoms with Crippen LogP contribution in [0.1, 0.15) is 78.7 Å². The van der Waals surface area contributed by atoms with Crippen molar-refractivity contribution in [3.05, 3.63) is 179 Å². The molecule has 2 atom stereocenters. The van der Waals surface area contributed by atoms with Gasteiger partial charge in [0, 0.05) is 0 Å². The average molecular weight is 856 g/mol. The van der Waals surface area contributed by atoms with Crippen LogP contribution in [0.5, 0.6) is 0 Å². The molecule has 8 aromatic rings. The smallest absolute Gasteiger partial charge is 1.00 e. The summed E-state index contributed by atoms with van der Waals surface area (Å²) in [5.74, 6) is 0. The van der Waals surface area contributed by atoms with Gasteiger partial charge < -0.3 is 24.8 Å². The van der Waals surface area contributed by atoms with E-state index in [2.05, 4.69) is 199 Å². The van der Waals surface area contributed by atoms with E-state index in [1.54, 1.807) is 22.3 Å². The van der Waals surface area contributed by atoms with Crippen molar-refractivity contribution in [2.24, 2.45) is 10.8 Å². The average Bonchev–Trinajstić information content (AvgIpc) is 3.80. The van der Waals surface area contributed by atoms with E-state index >= 15 is 0 Å². The fourth-order valence-corrected chi connectivity index (χ4v) is 22.1. The van der Waals surface area contributed by atoms with Gasteiger partial charge in [-0.05, 0) is 0 Å². The van der Waals surface area contributed by atoms with Crippen LogP contribution in [0.4, 0.5) is 0 Å². The Morgan fingerprint density at radius 2 is 0.750 bits per heavy atom. The van der Waals surface area contributed by atoms with Gasteiger partial charge in [0.1, 0.15) is 0 Å². The molecule has 298 valence electrons. The SMILES string of the molecule is CC(C)(C)C1=Cc2c(-c3c4ccccc4cc4ccccc34)cccc2[CH]1[Ti+2]1([CH]2C(C(C)(C)C)=Cc3c(-c4c5ccccc5cc5ccccc45)cccc32)[CH2]C[CH2]1.[Cl-].[Cl-].